The first-order chi connectivity index (χ1) is 9.78. The summed E-state index contributed by atoms with van der Waals surface area (Å²) >= 11 is 1.87. The molecule has 0 radical (unpaired) electrons. The van der Waals surface area contributed by atoms with Crippen molar-refractivity contribution in [2.45, 2.75) is 31.1 Å². The fourth-order valence-corrected chi connectivity index (χ4v) is 4.26. The Bertz CT molecular complexity index is 803. The molecule has 1 unspecified atom stereocenters. The molecular formula is C17H18N2S. The number of hydrogen-bond acceptors (Lipinski definition) is 2. The van der Waals surface area contributed by atoms with Gasteiger partial charge in [0.1, 0.15) is 5.65 Å². The Kier molecular flexibility index (Phi) is 2.77. The van der Waals surface area contributed by atoms with Crippen LogP contribution in [0.2, 0.25) is 0 Å². The Morgan fingerprint density at radius 1 is 1.30 bits per heavy atom. The Morgan fingerprint density at radius 2 is 2.15 bits per heavy atom. The molecule has 102 valence electrons. The molecule has 0 bridgehead atoms. The van der Waals surface area contributed by atoms with E-state index in [2.05, 4.69) is 42.4 Å². The highest BCUT2D eigenvalue weighted by Gasteiger charge is 2.23. The van der Waals surface area contributed by atoms with Crippen molar-refractivity contribution in [3.63, 3.8) is 0 Å². The number of nitrogens with zero attached hydrogens (tertiary/aromatic N) is 1. The van der Waals surface area contributed by atoms with Crippen LogP contribution in [0, 0.1) is 5.92 Å². The first-order valence-electron chi connectivity index (χ1n) is 7.24. The SMILES string of the molecule is CSc1c2c(nc3[nH]c4ccccc4c13)CCC(C)C2. The summed E-state index contributed by atoms with van der Waals surface area (Å²) in [5.74, 6) is 0.776. The molecule has 1 aromatic carbocycles. The fourth-order valence-electron chi connectivity index (χ4n) is 3.40. The van der Waals surface area contributed by atoms with Gasteiger partial charge in [0, 0.05) is 26.9 Å². The van der Waals surface area contributed by atoms with Crippen LogP contribution in [0.4, 0.5) is 0 Å². The lowest BCUT2D eigenvalue weighted by molar-refractivity contribution is 0.490. The Balaban J connectivity index is 2.13. The maximum Gasteiger partial charge on any atom is 0.139 e. The van der Waals surface area contributed by atoms with Crippen molar-refractivity contribution in [2.75, 3.05) is 6.26 Å². The van der Waals surface area contributed by atoms with Crippen LogP contribution in [-0.4, -0.2) is 16.2 Å². The van der Waals surface area contributed by atoms with Gasteiger partial charge in [-0.15, -0.1) is 11.8 Å². The smallest absolute Gasteiger partial charge is 0.139 e. The number of aromatic amines is 1. The molecule has 3 heteroatoms. The number of aromatic nitrogens is 2. The summed E-state index contributed by atoms with van der Waals surface area (Å²) in [7, 11) is 0. The number of para-hydroxylation sites is 1. The van der Waals surface area contributed by atoms with Crippen molar-refractivity contribution in [1.29, 1.82) is 0 Å². The van der Waals surface area contributed by atoms with Gasteiger partial charge in [0.15, 0.2) is 0 Å². The van der Waals surface area contributed by atoms with Crippen LogP contribution in [0.1, 0.15) is 24.6 Å². The number of rotatable bonds is 1. The zero-order valence-electron chi connectivity index (χ0n) is 11.9. The predicted molar refractivity (Wildman–Crippen MR) is 86.6 cm³/mol. The minimum atomic E-state index is 0.776. The summed E-state index contributed by atoms with van der Waals surface area (Å²) in [6.45, 7) is 2.35. The van der Waals surface area contributed by atoms with Crippen LogP contribution in [-0.2, 0) is 12.8 Å². The standard InChI is InChI=1S/C17H18N2S/c1-10-7-8-14-12(9-10)16(20-2)15-11-5-3-4-6-13(11)18-17(15)19-14/h3-6,10H,7-9H2,1-2H3,(H,18,19). The second-order valence-electron chi connectivity index (χ2n) is 5.81. The Hall–Kier alpha value is -1.48. The van der Waals surface area contributed by atoms with E-state index >= 15 is 0 Å². The van der Waals surface area contributed by atoms with Gasteiger partial charge in [0.05, 0.1) is 0 Å². The summed E-state index contributed by atoms with van der Waals surface area (Å²) in [6.07, 6.45) is 5.75. The average Bonchev–Trinajstić information content (AvgIpc) is 2.83. The van der Waals surface area contributed by atoms with Gasteiger partial charge < -0.3 is 4.98 Å². The highest BCUT2D eigenvalue weighted by atomic mass is 32.2. The van der Waals surface area contributed by atoms with Gasteiger partial charge in [-0.2, -0.15) is 0 Å². The molecule has 0 saturated carbocycles. The second-order valence-corrected chi connectivity index (χ2v) is 6.63. The van der Waals surface area contributed by atoms with E-state index in [1.807, 2.05) is 11.8 Å². The van der Waals surface area contributed by atoms with Crippen LogP contribution in [0.25, 0.3) is 21.9 Å². The van der Waals surface area contributed by atoms with E-state index in [9.17, 15) is 0 Å². The summed E-state index contributed by atoms with van der Waals surface area (Å²) in [5, 5.41) is 2.63. The minimum absolute atomic E-state index is 0.776. The fraction of sp³-hybridized carbons (Fsp3) is 0.353. The van der Waals surface area contributed by atoms with Gasteiger partial charge in [0.25, 0.3) is 0 Å². The van der Waals surface area contributed by atoms with E-state index in [1.54, 1.807) is 0 Å². The van der Waals surface area contributed by atoms with E-state index in [0.717, 1.165) is 18.0 Å². The molecule has 2 heterocycles. The highest BCUT2D eigenvalue weighted by Crippen LogP contribution is 2.39. The number of nitrogens with one attached hydrogen (secondary N) is 1. The molecule has 20 heavy (non-hydrogen) atoms. The monoisotopic (exact) mass is 282 g/mol. The van der Waals surface area contributed by atoms with E-state index in [4.69, 9.17) is 4.98 Å². The van der Waals surface area contributed by atoms with Crippen molar-refractivity contribution in [2.24, 2.45) is 5.92 Å². The molecule has 0 fully saturated rings. The van der Waals surface area contributed by atoms with Crippen LogP contribution in [0.3, 0.4) is 0 Å². The number of thioether (sulfide) groups is 1. The van der Waals surface area contributed by atoms with Crippen molar-refractivity contribution in [3.05, 3.63) is 35.5 Å². The first-order valence-corrected chi connectivity index (χ1v) is 8.46. The maximum atomic E-state index is 4.93. The molecule has 1 aliphatic rings. The number of aryl methyl sites for hydroxylation is 1. The highest BCUT2D eigenvalue weighted by molar-refractivity contribution is 7.98. The average molecular weight is 282 g/mol. The normalized spacial score (nSPS) is 18.6. The number of benzene rings is 1. The third-order valence-electron chi connectivity index (χ3n) is 4.41. The van der Waals surface area contributed by atoms with E-state index in [0.29, 0.717) is 0 Å². The van der Waals surface area contributed by atoms with Gasteiger partial charge in [-0.3, -0.25) is 0 Å². The number of hydrogen-bond donors (Lipinski definition) is 1. The Morgan fingerprint density at radius 3 is 3.00 bits per heavy atom. The van der Waals surface area contributed by atoms with E-state index in [-0.39, 0.29) is 0 Å². The van der Waals surface area contributed by atoms with Crippen molar-refractivity contribution in [3.8, 4) is 0 Å². The largest absolute Gasteiger partial charge is 0.339 e. The van der Waals surface area contributed by atoms with Crippen molar-refractivity contribution >= 4 is 33.7 Å². The van der Waals surface area contributed by atoms with Crippen LogP contribution in [0.15, 0.2) is 29.2 Å². The van der Waals surface area contributed by atoms with E-state index < -0.39 is 0 Å². The van der Waals surface area contributed by atoms with Gasteiger partial charge in [-0.05, 0) is 43.1 Å². The Labute approximate surface area is 123 Å². The lowest BCUT2D eigenvalue weighted by Gasteiger charge is -2.23. The zero-order valence-corrected chi connectivity index (χ0v) is 12.7. The maximum absolute atomic E-state index is 4.93. The van der Waals surface area contributed by atoms with Crippen LogP contribution in [0.5, 0.6) is 0 Å². The van der Waals surface area contributed by atoms with Crippen LogP contribution < -0.4 is 0 Å². The molecule has 2 aromatic heterocycles. The van der Waals surface area contributed by atoms with Crippen molar-refractivity contribution in [1.82, 2.24) is 9.97 Å². The van der Waals surface area contributed by atoms with E-state index in [1.165, 1.54) is 45.3 Å². The molecule has 1 aliphatic carbocycles. The summed E-state index contributed by atoms with van der Waals surface area (Å²) in [6, 6.07) is 8.54. The lowest BCUT2D eigenvalue weighted by atomic mass is 9.87. The minimum Gasteiger partial charge on any atom is -0.339 e. The third-order valence-corrected chi connectivity index (χ3v) is 5.27. The summed E-state index contributed by atoms with van der Waals surface area (Å²) in [5.41, 5.74) is 5.06. The van der Waals surface area contributed by atoms with Gasteiger partial charge in [0.2, 0.25) is 0 Å². The zero-order chi connectivity index (χ0) is 13.7. The molecule has 0 aliphatic heterocycles. The van der Waals surface area contributed by atoms with Gasteiger partial charge in [-0.1, -0.05) is 25.1 Å². The van der Waals surface area contributed by atoms with Gasteiger partial charge in [-0.25, -0.2) is 4.98 Å². The molecule has 0 saturated heterocycles. The lowest BCUT2D eigenvalue weighted by Crippen LogP contribution is -2.14. The quantitative estimate of drug-likeness (QED) is 0.663. The number of pyridine rings is 1. The molecule has 3 aromatic rings. The molecule has 2 nitrogen and oxygen atoms in total. The topological polar surface area (TPSA) is 28.7 Å². The molecule has 1 atom stereocenters. The van der Waals surface area contributed by atoms with Gasteiger partial charge >= 0.3 is 0 Å². The summed E-state index contributed by atoms with van der Waals surface area (Å²) in [4.78, 5) is 9.86. The molecular weight excluding hydrogens is 264 g/mol. The molecule has 4 rings (SSSR count). The number of fused-ring (bicyclic) bond motifs is 4. The predicted octanol–water partition coefficient (Wildman–Crippen LogP) is 4.56. The third kappa shape index (κ3) is 1.69. The van der Waals surface area contributed by atoms with Crippen LogP contribution >= 0.6 is 11.8 Å². The molecule has 1 N–H and O–H groups in total. The first kappa shape index (κ1) is 12.3. The summed E-state index contributed by atoms with van der Waals surface area (Å²) < 4.78 is 0. The van der Waals surface area contributed by atoms with Crippen molar-refractivity contribution < 1.29 is 0 Å². The second kappa shape index (κ2) is 4.52. The molecule has 0 amide bonds. The molecule has 0 spiro atoms. The number of H-pyrrole nitrogens is 1.